The topological polar surface area (TPSA) is 63.4 Å². The van der Waals surface area contributed by atoms with E-state index in [1.165, 1.54) is 4.31 Å². The first kappa shape index (κ1) is 16.5. The van der Waals surface area contributed by atoms with Crippen molar-refractivity contribution in [2.24, 2.45) is 5.73 Å². The van der Waals surface area contributed by atoms with E-state index in [4.69, 9.17) is 5.73 Å². The summed E-state index contributed by atoms with van der Waals surface area (Å²) in [6.45, 7) is 4.07. The summed E-state index contributed by atoms with van der Waals surface area (Å²) in [6, 6.07) is 5.21. The number of rotatable bonds is 6. The van der Waals surface area contributed by atoms with E-state index in [-0.39, 0.29) is 6.04 Å². The molecule has 0 fully saturated rings. The summed E-state index contributed by atoms with van der Waals surface area (Å²) >= 11 is 1.64. The highest BCUT2D eigenvalue weighted by Crippen LogP contribution is 2.23. The minimum atomic E-state index is -3.46. The molecule has 0 aliphatic carbocycles. The molecule has 0 aliphatic heterocycles. The maximum Gasteiger partial charge on any atom is 0.243 e. The Bertz CT molecular complexity index is 529. The number of hydrogen-bond acceptors (Lipinski definition) is 4. The van der Waals surface area contributed by atoms with Crippen LogP contribution in [0.1, 0.15) is 18.1 Å². The lowest BCUT2D eigenvalue weighted by atomic mass is 10.1. The highest BCUT2D eigenvalue weighted by molar-refractivity contribution is 7.98. The van der Waals surface area contributed by atoms with E-state index in [1.807, 2.05) is 26.2 Å². The van der Waals surface area contributed by atoms with Crippen LogP contribution in [0.15, 0.2) is 23.1 Å². The van der Waals surface area contributed by atoms with Gasteiger partial charge < -0.3 is 5.73 Å². The lowest BCUT2D eigenvalue weighted by Gasteiger charge is -2.25. The second-order valence-corrected chi connectivity index (χ2v) is 7.45. The van der Waals surface area contributed by atoms with Gasteiger partial charge in [0.05, 0.1) is 4.90 Å². The van der Waals surface area contributed by atoms with Crippen LogP contribution in [0.5, 0.6) is 0 Å². The van der Waals surface area contributed by atoms with Gasteiger partial charge >= 0.3 is 0 Å². The zero-order chi connectivity index (χ0) is 14.6. The number of sulfonamides is 1. The van der Waals surface area contributed by atoms with Gasteiger partial charge in [-0.1, -0.05) is 12.1 Å². The molecule has 0 aliphatic rings. The molecule has 0 amide bonds. The number of benzene rings is 1. The number of nitrogens with zero attached hydrogens (tertiary/aromatic N) is 1. The monoisotopic (exact) mass is 302 g/mol. The Morgan fingerprint density at radius 1 is 1.42 bits per heavy atom. The highest BCUT2D eigenvalue weighted by Gasteiger charge is 2.26. The van der Waals surface area contributed by atoms with Crippen LogP contribution < -0.4 is 5.73 Å². The number of nitrogens with two attached hydrogens (primary N) is 1. The third kappa shape index (κ3) is 3.51. The molecule has 6 heteroatoms. The molecule has 0 saturated carbocycles. The Kier molecular flexibility index (Phi) is 5.85. The van der Waals surface area contributed by atoms with Gasteiger partial charge in [0, 0.05) is 25.4 Å². The minimum Gasteiger partial charge on any atom is -0.326 e. The first-order valence-corrected chi connectivity index (χ1v) is 8.95. The number of hydrogen-bond donors (Lipinski definition) is 1. The second-order valence-electron chi connectivity index (χ2n) is 4.57. The summed E-state index contributed by atoms with van der Waals surface area (Å²) in [6.07, 6.45) is 1.97. The molecule has 0 radical (unpaired) electrons. The Morgan fingerprint density at radius 2 is 2.05 bits per heavy atom. The molecule has 0 saturated heterocycles. The molecule has 1 unspecified atom stereocenters. The van der Waals surface area contributed by atoms with Crippen LogP contribution in [0.25, 0.3) is 0 Å². The molecule has 4 nitrogen and oxygen atoms in total. The SMILES string of the molecule is CSCC(C)N(C)S(=O)(=O)c1cccc(CN)c1C. The Hall–Kier alpha value is -0.560. The largest absolute Gasteiger partial charge is 0.326 e. The van der Waals surface area contributed by atoms with Gasteiger partial charge in [0.2, 0.25) is 10.0 Å². The first-order valence-electron chi connectivity index (χ1n) is 6.11. The Balaban J connectivity index is 3.20. The maximum absolute atomic E-state index is 12.6. The molecule has 0 aromatic heterocycles. The van der Waals surface area contributed by atoms with Crippen molar-refractivity contribution < 1.29 is 8.42 Å². The smallest absolute Gasteiger partial charge is 0.243 e. The van der Waals surface area contributed by atoms with Crippen LogP contribution in [-0.2, 0) is 16.6 Å². The fourth-order valence-corrected chi connectivity index (χ4v) is 4.33. The maximum atomic E-state index is 12.6. The van der Waals surface area contributed by atoms with E-state index in [9.17, 15) is 8.42 Å². The van der Waals surface area contributed by atoms with E-state index in [0.29, 0.717) is 11.4 Å². The van der Waals surface area contributed by atoms with Crippen LogP contribution in [0.4, 0.5) is 0 Å². The van der Waals surface area contributed by atoms with Gasteiger partial charge in [-0.25, -0.2) is 8.42 Å². The molecular formula is C13H22N2O2S2. The predicted molar refractivity (Wildman–Crippen MR) is 81.9 cm³/mol. The zero-order valence-corrected chi connectivity index (χ0v) is 13.5. The van der Waals surface area contributed by atoms with Crippen LogP contribution in [-0.4, -0.2) is 37.8 Å². The molecule has 1 aromatic carbocycles. The second kappa shape index (κ2) is 6.74. The van der Waals surface area contributed by atoms with Gasteiger partial charge in [0.1, 0.15) is 0 Å². The fourth-order valence-electron chi connectivity index (χ4n) is 1.90. The fraction of sp³-hybridized carbons (Fsp3) is 0.538. The van der Waals surface area contributed by atoms with Crippen molar-refractivity contribution in [3.8, 4) is 0 Å². The van der Waals surface area contributed by atoms with Crippen molar-refractivity contribution >= 4 is 21.8 Å². The standard InChI is InChI=1S/C13H22N2O2S2/c1-10(9-18-4)15(3)19(16,17)13-7-5-6-12(8-14)11(13)2/h5-7,10H,8-9,14H2,1-4H3. The molecular weight excluding hydrogens is 280 g/mol. The van der Waals surface area contributed by atoms with E-state index in [2.05, 4.69) is 0 Å². The van der Waals surface area contributed by atoms with Crippen LogP contribution >= 0.6 is 11.8 Å². The van der Waals surface area contributed by atoms with Crippen molar-refractivity contribution in [3.63, 3.8) is 0 Å². The summed E-state index contributed by atoms with van der Waals surface area (Å²) in [5.74, 6) is 0.769. The van der Waals surface area contributed by atoms with Crippen molar-refractivity contribution in [2.45, 2.75) is 31.3 Å². The summed E-state index contributed by atoms with van der Waals surface area (Å²) in [5.41, 5.74) is 7.25. The van der Waals surface area contributed by atoms with E-state index in [1.54, 1.807) is 30.9 Å². The van der Waals surface area contributed by atoms with Crippen LogP contribution in [0.2, 0.25) is 0 Å². The van der Waals surface area contributed by atoms with E-state index in [0.717, 1.165) is 16.9 Å². The van der Waals surface area contributed by atoms with Crippen molar-refractivity contribution in [1.29, 1.82) is 0 Å². The molecule has 19 heavy (non-hydrogen) atoms. The Morgan fingerprint density at radius 3 is 2.58 bits per heavy atom. The number of thioether (sulfide) groups is 1. The van der Waals surface area contributed by atoms with Gasteiger partial charge in [0.25, 0.3) is 0 Å². The van der Waals surface area contributed by atoms with E-state index >= 15 is 0 Å². The molecule has 2 N–H and O–H groups in total. The van der Waals surface area contributed by atoms with Crippen molar-refractivity contribution in [1.82, 2.24) is 4.31 Å². The van der Waals surface area contributed by atoms with Gasteiger partial charge in [-0.3, -0.25) is 0 Å². The van der Waals surface area contributed by atoms with E-state index < -0.39 is 10.0 Å². The normalized spacial score (nSPS) is 13.8. The van der Waals surface area contributed by atoms with Gasteiger partial charge in [-0.05, 0) is 37.3 Å². The summed E-state index contributed by atoms with van der Waals surface area (Å²) in [5, 5.41) is 0. The summed E-state index contributed by atoms with van der Waals surface area (Å²) in [4.78, 5) is 0.353. The molecule has 108 valence electrons. The molecule has 1 aromatic rings. The average Bonchev–Trinajstić information content (AvgIpc) is 2.38. The highest BCUT2D eigenvalue weighted by atomic mass is 32.2. The molecule has 1 rings (SSSR count). The van der Waals surface area contributed by atoms with Gasteiger partial charge in [-0.2, -0.15) is 16.1 Å². The van der Waals surface area contributed by atoms with Crippen molar-refractivity contribution in [3.05, 3.63) is 29.3 Å². The van der Waals surface area contributed by atoms with Gasteiger partial charge in [-0.15, -0.1) is 0 Å². The molecule has 0 spiro atoms. The quantitative estimate of drug-likeness (QED) is 0.871. The van der Waals surface area contributed by atoms with Crippen molar-refractivity contribution in [2.75, 3.05) is 19.1 Å². The first-order chi connectivity index (χ1) is 8.86. The van der Waals surface area contributed by atoms with Crippen LogP contribution in [0.3, 0.4) is 0 Å². The summed E-state index contributed by atoms with van der Waals surface area (Å²) in [7, 11) is -1.83. The summed E-state index contributed by atoms with van der Waals surface area (Å²) < 4.78 is 26.7. The molecule has 0 heterocycles. The van der Waals surface area contributed by atoms with Gasteiger partial charge in [0.15, 0.2) is 0 Å². The lowest BCUT2D eigenvalue weighted by molar-refractivity contribution is 0.414. The molecule has 1 atom stereocenters. The zero-order valence-electron chi connectivity index (χ0n) is 11.9. The Labute approximate surface area is 120 Å². The third-order valence-corrected chi connectivity index (χ3v) is 6.23. The molecule has 0 bridgehead atoms. The average molecular weight is 302 g/mol. The lowest BCUT2D eigenvalue weighted by Crippen LogP contribution is -2.37. The minimum absolute atomic E-state index is 0.0408. The predicted octanol–water partition coefficient (Wildman–Crippen LogP) is 1.83. The van der Waals surface area contributed by atoms with Crippen LogP contribution in [0, 0.1) is 6.92 Å². The third-order valence-electron chi connectivity index (χ3n) is 3.30.